The Morgan fingerprint density at radius 3 is 2.25 bits per heavy atom. The van der Waals surface area contributed by atoms with Gasteiger partial charge in [0.25, 0.3) is 5.91 Å². The van der Waals surface area contributed by atoms with E-state index in [2.05, 4.69) is 19.9 Å². The largest absolute Gasteiger partial charge is 0.339 e. The van der Waals surface area contributed by atoms with Gasteiger partial charge in [-0.05, 0) is 36.1 Å². The minimum Gasteiger partial charge on any atom is -0.339 e. The summed E-state index contributed by atoms with van der Waals surface area (Å²) in [6.45, 7) is 6.77. The molecule has 0 bridgehead atoms. The van der Waals surface area contributed by atoms with Crippen molar-refractivity contribution in [1.29, 1.82) is 0 Å². The number of benzene rings is 2. The van der Waals surface area contributed by atoms with Crippen molar-refractivity contribution in [3.05, 3.63) is 65.7 Å². The summed E-state index contributed by atoms with van der Waals surface area (Å²) in [5.74, 6) is 0.0556. The van der Waals surface area contributed by atoms with E-state index in [0.29, 0.717) is 44.2 Å². The Hall–Kier alpha value is -3.15. The van der Waals surface area contributed by atoms with Crippen molar-refractivity contribution >= 4 is 23.4 Å². The molecule has 0 spiro atoms. The first kappa shape index (κ1) is 22.1. The summed E-state index contributed by atoms with van der Waals surface area (Å²) in [6, 6.07) is 17.3. The van der Waals surface area contributed by atoms with E-state index in [1.807, 2.05) is 53.4 Å². The lowest BCUT2D eigenvalue weighted by Gasteiger charge is -2.36. The van der Waals surface area contributed by atoms with Crippen LogP contribution in [0.1, 0.15) is 48.5 Å². The third-order valence-corrected chi connectivity index (χ3v) is 6.74. The van der Waals surface area contributed by atoms with Gasteiger partial charge in [-0.15, -0.1) is 0 Å². The molecule has 0 aromatic heterocycles. The van der Waals surface area contributed by atoms with E-state index in [4.69, 9.17) is 0 Å². The van der Waals surface area contributed by atoms with Crippen LogP contribution in [0.5, 0.6) is 0 Å². The number of amides is 3. The average Bonchev–Trinajstić information content (AvgIpc) is 3.24. The van der Waals surface area contributed by atoms with Gasteiger partial charge in [-0.1, -0.05) is 50.2 Å². The lowest BCUT2D eigenvalue weighted by molar-refractivity contribution is -0.137. The highest BCUT2D eigenvalue weighted by molar-refractivity contribution is 6.01. The zero-order valence-corrected chi connectivity index (χ0v) is 18.9. The van der Waals surface area contributed by atoms with Gasteiger partial charge in [0, 0.05) is 50.4 Å². The maximum atomic E-state index is 13.2. The highest BCUT2D eigenvalue weighted by Crippen LogP contribution is 2.34. The minimum atomic E-state index is -0.330. The molecule has 2 heterocycles. The number of carbonyl (C=O) groups excluding carboxylic acids is 3. The van der Waals surface area contributed by atoms with Crippen LogP contribution in [0.2, 0.25) is 0 Å². The molecule has 2 aliphatic heterocycles. The van der Waals surface area contributed by atoms with Crippen LogP contribution in [-0.2, 0) is 9.59 Å². The molecule has 2 aromatic rings. The molecule has 0 aliphatic carbocycles. The van der Waals surface area contributed by atoms with E-state index in [1.165, 1.54) is 0 Å². The van der Waals surface area contributed by atoms with Gasteiger partial charge in [0.15, 0.2) is 0 Å². The normalized spacial score (nSPS) is 19.9. The number of hydrogen-bond donors (Lipinski definition) is 0. The molecule has 2 aliphatic rings. The first-order valence-electron chi connectivity index (χ1n) is 11.5. The summed E-state index contributed by atoms with van der Waals surface area (Å²) in [6.07, 6.45) is 1.24. The third kappa shape index (κ3) is 4.40. The molecule has 32 heavy (non-hydrogen) atoms. The molecule has 6 heteroatoms. The van der Waals surface area contributed by atoms with Crippen molar-refractivity contribution in [3.63, 3.8) is 0 Å². The number of rotatable bonds is 5. The van der Waals surface area contributed by atoms with Crippen molar-refractivity contribution in [1.82, 2.24) is 9.80 Å². The third-order valence-electron chi connectivity index (χ3n) is 6.74. The number of nitrogens with zero attached hydrogens (tertiary/aromatic N) is 3. The van der Waals surface area contributed by atoms with Crippen molar-refractivity contribution in [3.8, 4) is 0 Å². The highest BCUT2D eigenvalue weighted by Gasteiger charge is 2.39. The van der Waals surface area contributed by atoms with Crippen molar-refractivity contribution in [2.24, 2.45) is 5.92 Å². The lowest BCUT2D eigenvalue weighted by atomic mass is 9.96. The lowest BCUT2D eigenvalue weighted by Crippen LogP contribution is -2.52. The molecule has 0 radical (unpaired) electrons. The fraction of sp³-hybridized carbons (Fsp3) is 0.423. The van der Waals surface area contributed by atoms with E-state index >= 15 is 0 Å². The van der Waals surface area contributed by atoms with Crippen molar-refractivity contribution in [2.75, 3.05) is 37.6 Å². The molecule has 0 saturated carbocycles. The quantitative estimate of drug-likeness (QED) is 0.725. The number of anilines is 1. The van der Waals surface area contributed by atoms with Crippen LogP contribution < -0.4 is 4.90 Å². The van der Waals surface area contributed by atoms with E-state index in [1.54, 1.807) is 9.80 Å². The van der Waals surface area contributed by atoms with Gasteiger partial charge in [0.1, 0.15) is 0 Å². The predicted octanol–water partition coefficient (Wildman–Crippen LogP) is 3.54. The first-order valence-corrected chi connectivity index (χ1v) is 11.5. The van der Waals surface area contributed by atoms with Crippen LogP contribution in [0.3, 0.4) is 0 Å². The maximum Gasteiger partial charge on any atom is 0.253 e. The predicted molar refractivity (Wildman–Crippen MR) is 125 cm³/mol. The molecule has 2 atom stereocenters. The second-order valence-electron chi connectivity index (χ2n) is 8.76. The summed E-state index contributed by atoms with van der Waals surface area (Å²) in [7, 11) is 0. The van der Waals surface area contributed by atoms with Crippen LogP contribution in [0, 0.1) is 5.92 Å². The maximum absolute atomic E-state index is 13.2. The minimum absolute atomic E-state index is 0.00145. The Bertz CT molecular complexity index is 983. The van der Waals surface area contributed by atoms with Crippen molar-refractivity contribution < 1.29 is 14.4 Å². The Labute approximate surface area is 189 Å². The Morgan fingerprint density at radius 1 is 0.938 bits per heavy atom. The smallest absolute Gasteiger partial charge is 0.253 e. The van der Waals surface area contributed by atoms with Gasteiger partial charge in [-0.3, -0.25) is 14.4 Å². The van der Waals surface area contributed by atoms with Gasteiger partial charge < -0.3 is 14.7 Å². The van der Waals surface area contributed by atoms with E-state index < -0.39 is 0 Å². The summed E-state index contributed by atoms with van der Waals surface area (Å²) in [5.41, 5.74) is 2.76. The fourth-order valence-electron chi connectivity index (χ4n) is 4.63. The standard InChI is InChI=1S/C26H31N3O3/c1-3-19(2)22-11-7-8-12-23(22)29-18-21(17-24(29)30)26(32)28-15-13-27(14-16-28)25(31)20-9-5-4-6-10-20/h4-12,19,21H,3,13-18H2,1-2H3/t19-,21+/m1/s1. The molecule has 2 aromatic carbocycles. The van der Waals surface area contributed by atoms with Gasteiger partial charge >= 0.3 is 0 Å². The molecule has 2 fully saturated rings. The number of para-hydroxylation sites is 1. The van der Waals surface area contributed by atoms with Gasteiger partial charge in [-0.2, -0.15) is 0 Å². The second kappa shape index (κ2) is 9.55. The van der Waals surface area contributed by atoms with Crippen LogP contribution in [0.25, 0.3) is 0 Å². The van der Waals surface area contributed by atoms with Crippen LogP contribution in [0.15, 0.2) is 54.6 Å². The first-order chi connectivity index (χ1) is 15.5. The van der Waals surface area contributed by atoms with E-state index in [9.17, 15) is 14.4 Å². The molecule has 3 amide bonds. The number of piperazine rings is 1. The summed E-state index contributed by atoms with van der Waals surface area (Å²) >= 11 is 0. The summed E-state index contributed by atoms with van der Waals surface area (Å²) < 4.78 is 0. The molecule has 168 valence electrons. The van der Waals surface area contributed by atoms with Crippen molar-refractivity contribution in [2.45, 2.75) is 32.6 Å². The molecule has 6 nitrogen and oxygen atoms in total. The molecule has 4 rings (SSSR count). The van der Waals surface area contributed by atoms with Gasteiger partial charge in [-0.25, -0.2) is 0 Å². The van der Waals surface area contributed by atoms with E-state index in [0.717, 1.165) is 17.7 Å². The molecular formula is C26H31N3O3. The van der Waals surface area contributed by atoms with Crippen LogP contribution in [0.4, 0.5) is 5.69 Å². The monoisotopic (exact) mass is 433 g/mol. The Kier molecular flexibility index (Phi) is 6.58. The SMILES string of the molecule is CC[C@@H](C)c1ccccc1N1C[C@@H](C(=O)N2CCN(C(=O)c3ccccc3)CC2)CC1=O. The fourth-order valence-corrected chi connectivity index (χ4v) is 4.63. The number of hydrogen-bond acceptors (Lipinski definition) is 3. The molecule has 2 saturated heterocycles. The van der Waals surface area contributed by atoms with Gasteiger partial charge in [0.2, 0.25) is 11.8 Å². The van der Waals surface area contributed by atoms with Crippen LogP contribution in [-0.4, -0.2) is 60.2 Å². The van der Waals surface area contributed by atoms with E-state index in [-0.39, 0.29) is 30.1 Å². The zero-order valence-electron chi connectivity index (χ0n) is 18.9. The highest BCUT2D eigenvalue weighted by atomic mass is 16.2. The Morgan fingerprint density at radius 2 is 1.56 bits per heavy atom. The molecule has 0 unspecified atom stereocenters. The van der Waals surface area contributed by atoms with Crippen LogP contribution >= 0.6 is 0 Å². The topological polar surface area (TPSA) is 60.9 Å². The molecule has 0 N–H and O–H groups in total. The zero-order chi connectivity index (χ0) is 22.7. The summed E-state index contributed by atoms with van der Waals surface area (Å²) in [4.78, 5) is 44.1. The van der Waals surface area contributed by atoms with Gasteiger partial charge in [0.05, 0.1) is 5.92 Å². The number of carbonyl (C=O) groups is 3. The second-order valence-corrected chi connectivity index (χ2v) is 8.76. The summed E-state index contributed by atoms with van der Waals surface area (Å²) in [5, 5.41) is 0. The Balaban J connectivity index is 1.38. The average molecular weight is 434 g/mol. The molecular weight excluding hydrogens is 402 g/mol.